The smallest absolute Gasteiger partial charge is 0.311 e. The molecule has 0 unspecified atom stereocenters. The van der Waals surface area contributed by atoms with Crippen molar-refractivity contribution in [1.29, 1.82) is 0 Å². The van der Waals surface area contributed by atoms with E-state index in [1.807, 2.05) is 13.0 Å². The van der Waals surface area contributed by atoms with Gasteiger partial charge in [0.25, 0.3) is 0 Å². The molecule has 0 aromatic heterocycles. The highest BCUT2D eigenvalue weighted by atomic mass is 16.3. The summed E-state index contributed by atoms with van der Waals surface area (Å²) in [7, 11) is 1.47. The van der Waals surface area contributed by atoms with Crippen LogP contribution in [-0.4, -0.2) is 29.2 Å². The van der Waals surface area contributed by atoms with Gasteiger partial charge in [0.1, 0.15) is 0 Å². The fourth-order valence-corrected chi connectivity index (χ4v) is 1.50. The van der Waals surface area contributed by atoms with Gasteiger partial charge in [0.15, 0.2) is 11.5 Å². The second kappa shape index (κ2) is 9.49. The zero-order valence-corrected chi connectivity index (χ0v) is 14.0. The summed E-state index contributed by atoms with van der Waals surface area (Å²) in [5.74, 6) is -0.391. The van der Waals surface area contributed by atoms with Crippen molar-refractivity contribution in [3.8, 4) is 11.5 Å². The van der Waals surface area contributed by atoms with E-state index in [2.05, 4.69) is 37.6 Å². The Labute approximate surface area is 131 Å². The van der Waals surface area contributed by atoms with Crippen LogP contribution >= 0.6 is 0 Å². The summed E-state index contributed by atoms with van der Waals surface area (Å²) in [4.78, 5) is 18.7. The molecule has 0 aliphatic heterocycles. The predicted octanol–water partition coefficient (Wildman–Crippen LogP) is 1.48. The summed E-state index contributed by atoms with van der Waals surface area (Å²) in [5.41, 5.74) is 10.8. The molecule has 0 aliphatic rings. The average molecular weight is 313 g/mol. The van der Waals surface area contributed by atoms with Gasteiger partial charge in [-0.2, -0.15) is 0 Å². The number of hydrogen-bond acceptors (Lipinski definition) is 4. The number of nitrogens with one attached hydrogen (secondary N) is 1. The third kappa shape index (κ3) is 9.46. The van der Waals surface area contributed by atoms with Crippen LogP contribution in [0.25, 0.3) is 0 Å². The first-order chi connectivity index (χ1) is 9.84. The maximum absolute atomic E-state index is 9.50. The van der Waals surface area contributed by atoms with Crippen LogP contribution in [0.4, 0.5) is 4.79 Å². The lowest BCUT2D eigenvalue weighted by atomic mass is 9.84. The quantitative estimate of drug-likeness (QED) is 0.463. The predicted molar refractivity (Wildman–Crippen MR) is 86.7 cm³/mol. The van der Waals surface area contributed by atoms with Crippen molar-refractivity contribution in [2.75, 3.05) is 7.05 Å². The van der Waals surface area contributed by atoms with Crippen LogP contribution in [0.2, 0.25) is 0 Å². The van der Waals surface area contributed by atoms with Gasteiger partial charge in [-0.3, -0.25) is 4.79 Å². The molecular weight excluding hydrogens is 286 g/mol. The average Bonchev–Trinajstić information content (AvgIpc) is 2.34. The SMILES string of the molecule is CC(N)=O.CNC(N)=O.Cc1c(C(C)(C)C)ccc(O)c1O. The van der Waals surface area contributed by atoms with E-state index in [1.165, 1.54) is 20.0 Å². The Morgan fingerprint density at radius 3 is 1.77 bits per heavy atom. The number of amides is 3. The molecule has 0 heterocycles. The molecule has 7 N–H and O–H groups in total. The number of rotatable bonds is 0. The van der Waals surface area contributed by atoms with Crippen molar-refractivity contribution in [3.63, 3.8) is 0 Å². The van der Waals surface area contributed by atoms with Crippen LogP contribution in [-0.2, 0) is 10.2 Å². The van der Waals surface area contributed by atoms with E-state index in [-0.39, 0.29) is 22.8 Å². The van der Waals surface area contributed by atoms with E-state index in [0.717, 1.165) is 11.1 Å². The molecule has 7 heteroatoms. The fourth-order valence-electron chi connectivity index (χ4n) is 1.50. The van der Waals surface area contributed by atoms with Gasteiger partial charge in [-0.1, -0.05) is 26.8 Å². The van der Waals surface area contributed by atoms with E-state index >= 15 is 0 Å². The summed E-state index contributed by atoms with van der Waals surface area (Å²) in [6.07, 6.45) is 0. The van der Waals surface area contributed by atoms with Crippen LogP contribution in [0.15, 0.2) is 12.1 Å². The first-order valence-electron chi connectivity index (χ1n) is 6.59. The number of urea groups is 1. The van der Waals surface area contributed by atoms with Gasteiger partial charge < -0.3 is 27.0 Å². The lowest BCUT2D eigenvalue weighted by Crippen LogP contribution is -2.24. The number of phenols is 2. The minimum atomic E-state index is -0.495. The number of carbonyl (C=O) groups excluding carboxylic acids is 2. The molecule has 0 aliphatic carbocycles. The van der Waals surface area contributed by atoms with Crippen molar-refractivity contribution in [3.05, 3.63) is 23.3 Å². The van der Waals surface area contributed by atoms with E-state index in [9.17, 15) is 19.8 Å². The first kappa shape index (κ1) is 21.9. The normalized spacial score (nSPS) is 9.55. The number of phenolic OH excluding ortho intramolecular Hbond substituents is 2. The summed E-state index contributed by atoms with van der Waals surface area (Å²) in [6, 6.07) is 2.89. The number of primary amides is 2. The molecular formula is C15H27N3O4. The number of benzene rings is 1. The van der Waals surface area contributed by atoms with E-state index in [1.54, 1.807) is 0 Å². The molecule has 0 saturated heterocycles. The highest BCUT2D eigenvalue weighted by Gasteiger charge is 2.19. The number of carbonyl (C=O) groups is 2. The summed E-state index contributed by atoms with van der Waals surface area (Å²) in [5, 5.41) is 20.9. The number of nitrogens with two attached hydrogens (primary N) is 2. The third-order valence-corrected chi connectivity index (χ3v) is 2.46. The Morgan fingerprint density at radius 2 is 1.50 bits per heavy atom. The molecule has 1 rings (SSSR count). The lowest BCUT2D eigenvalue weighted by Gasteiger charge is -2.22. The van der Waals surface area contributed by atoms with Gasteiger partial charge in [0, 0.05) is 14.0 Å². The molecule has 0 atom stereocenters. The Kier molecular flexibility index (Phi) is 9.42. The fraction of sp³-hybridized carbons (Fsp3) is 0.467. The van der Waals surface area contributed by atoms with Crippen LogP contribution in [0.3, 0.4) is 0 Å². The molecule has 0 spiro atoms. The van der Waals surface area contributed by atoms with E-state index in [4.69, 9.17) is 0 Å². The maximum Gasteiger partial charge on any atom is 0.311 e. The van der Waals surface area contributed by atoms with Gasteiger partial charge in [-0.05, 0) is 29.5 Å². The molecule has 1 aromatic carbocycles. The summed E-state index contributed by atoms with van der Waals surface area (Å²) < 4.78 is 0. The molecule has 3 amide bonds. The van der Waals surface area contributed by atoms with Gasteiger partial charge in [-0.25, -0.2) is 4.79 Å². The second-order valence-electron chi connectivity index (χ2n) is 5.58. The molecule has 0 fully saturated rings. The minimum absolute atomic E-state index is 0.00470. The summed E-state index contributed by atoms with van der Waals surface area (Å²) >= 11 is 0. The Morgan fingerprint density at radius 1 is 1.14 bits per heavy atom. The zero-order valence-electron chi connectivity index (χ0n) is 14.0. The van der Waals surface area contributed by atoms with Gasteiger partial charge >= 0.3 is 6.03 Å². The third-order valence-electron chi connectivity index (χ3n) is 2.46. The van der Waals surface area contributed by atoms with Crippen molar-refractivity contribution in [1.82, 2.24) is 5.32 Å². The number of hydrogen-bond donors (Lipinski definition) is 5. The summed E-state index contributed by atoms with van der Waals surface area (Å²) in [6.45, 7) is 9.35. The van der Waals surface area contributed by atoms with Gasteiger partial charge in [-0.15, -0.1) is 0 Å². The molecule has 0 bridgehead atoms. The molecule has 126 valence electrons. The number of aromatic hydroxyl groups is 2. The van der Waals surface area contributed by atoms with Crippen LogP contribution in [0, 0.1) is 6.92 Å². The van der Waals surface area contributed by atoms with Crippen molar-refractivity contribution in [2.24, 2.45) is 11.5 Å². The standard InChI is InChI=1S/C11H16O2.C2H6N2O.C2H5NO/c1-7-8(11(2,3)4)5-6-9(12)10(7)13;1-4-2(3)5;1-2(3)4/h5-6,12-13H,1-4H3;1H3,(H3,3,4,5);1H3,(H2,3,4). The second-order valence-corrected chi connectivity index (χ2v) is 5.58. The van der Waals surface area contributed by atoms with Crippen molar-refractivity contribution >= 4 is 11.9 Å². The van der Waals surface area contributed by atoms with E-state index in [0.29, 0.717) is 0 Å². The zero-order chi connectivity index (χ0) is 18.1. The maximum atomic E-state index is 9.50. The topological polar surface area (TPSA) is 139 Å². The van der Waals surface area contributed by atoms with Crippen LogP contribution in [0.1, 0.15) is 38.8 Å². The highest BCUT2D eigenvalue weighted by molar-refractivity contribution is 5.71. The first-order valence-corrected chi connectivity index (χ1v) is 6.59. The molecule has 7 nitrogen and oxygen atoms in total. The molecule has 0 saturated carbocycles. The van der Waals surface area contributed by atoms with E-state index < -0.39 is 6.03 Å². The van der Waals surface area contributed by atoms with Crippen LogP contribution < -0.4 is 16.8 Å². The van der Waals surface area contributed by atoms with Crippen molar-refractivity contribution in [2.45, 2.75) is 40.0 Å². The molecule has 0 radical (unpaired) electrons. The monoisotopic (exact) mass is 313 g/mol. The van der Waals surface area contributed by atoms with Crippen molar-refractivity contribution < 1.29 is 19.8 Å². The molecule has 22 heavy (non-hydrogen) atoms. The minimum Gasteiger partial charge on any atom is -0.504 e. The Balaban J connectivity index is 0. The molecule has 1 aromatic rings. The van der Waals surface area contributed by atoms with Gasteiger partial charge in [0.2, 0.25) is 5.91 Å². The lowest BCUT2D eigenvalue weighted by molar-refractivity contribution is -0.115. The van der Waals surface area contributed by atoms with Gasteiger partial charge in [0.05, 0.1) is 0 Å². The largest absolute Gasteiger partial charge is 0.504 e. The Bertz CT molecular complexity index is 504. The highest BCUT2D eigenvalue weighted by Crippen LogP contribution is 2.35. The Hall–Kier alpha value is -2.44. The van der Waals surface area contributed by atoms with Crippen LogP contribution in [0.5, 0.6) is 11.5 Å².